The van der Waals surface area contributed by atoms with Crippen LogP contribution in [0, 0.1) is 11.3 Å². The van der Waals surface area contributed by atoms with Gasteiger partial charge in [0.1, 0.15) is 0 Å². The van der Waals surface area contributed by atoms with Crippen LogP contribution in [0.5, 0.6) is 0 Å². The number of aryl methyl sites for hydroxylation is 1. The molecular formula is C17H25N. The van der Waals surface area contributed by atoms with Gasteiger partial charge in [-0.3, -0.25) is 0 Å². The third-order valence-electron chi connectivity index (χ3n) is 5.19. The molecule has 1 N–H and O–H groups in total. The third-order valence-corrected chi connectivity index (χ3v) is 5.19. The second-order valence-electron chi connectivity index (χ2n) is 6.54. The van der Waals surface area contributed by atoms with Crippen LogP contribution in [-0.2, 0) is 6.42 Å². The SMILES string of the molecule is CC(C)C1(CNC2CCCc3ccccc32)CC1. The molecular weight excluding hydrogens is 218 g/mol. The molecule has 1 nitrogen and oxygen atoms in total. The molecule has 1 unspecified atom stereocenters. The van der Waals surface area contributed by atoms with Crippen LogP contribution in [0.15, 0.2) is 24.3 Å². The van der Waals surface area contributed by atoms with Crippen LogP contribution in [0.3, 0.4) is 0 Å². The topological polar surface area (TPSA) is 12.0 Å². The molecule has 1 atom stereocenters. The molecule has 1 aromatic carbocycles. The van der Waals surface area contributed by atoms with Crippen molar-refractivity contribution in [1.29, 1.82) is 0 Å². The standard InChI is InChI=1S/C17H25N/c1-13(2)17(10-11-17)12-18-16-9-5-7-14-6-3-4-8-15(14)16/h3-4,6,8,13,16,18H,5,7,9-12H2,1-2H3. The van der Waals surface area contributed by atoms with Crippen LogP contribution in [0.1, 0.15) is 56.7 Å². The Morgan fingerprint density at radius 3 is 2.78 bits per heavy atom. The lowest BCUT2D eigenvalue weighted by Crippen LogP contribution is -2.32. The summed E-state index contributed by atoms with van der Waals surface area (Å²) in [4.78, 5) is 0. The van der Waals surface area contributed by atoms with Gasteiger partial charge in [0.2, 0.25) is 0 Å². The minimum atomic E-state index is 0.603. The van der Waals surface area contributed by atoms with Gasteiger partial charge < -0.3 is 5.32 Å². The lowest BCUT2D eigenvalue weighted by molar-refractivity contribution is 0.311. The average Bonchev–Trinajstić information content (AvgIpc) is 3.17. The Labute approximate surface area is 111 Å². The number of rotatable bonds is 4. The molecule has 1 saturated carbocycles. The lowest BCUT2D eigenvalue weighted by Gasteiger charge is -2.29. The van der Waals surface area contributed by atoms with Crippen LogP contribution < -0.4 is 5.32 Å². The molecule has 0 spiro atoms. The Morgan fingerprint density at radius 1 is 1.28 bits per heavy atom. The number of fused-ring (bicyclic) bond motifs is 1. The van der Waals surface area contributed by atoms with Crippen molar-refractivity contribution in [2.75, 3.05) is 6.54 Å². The highest BCUT2D eigenvalue weighted by atomic mass is 14.9. The minimum absolute atomic E-state index is 0.603. The molecule has 0 aliphatic heterocycles. The van der Waals surface area contributed by atoms with Gasteiger partial charge in [0.25, 0.3) is 0 Å². The first kappa shape index (κ1) is 12.2. The fourth-order valence-corrected chi connectivity index (χ4v) is 3.41. The Hall–Kier alpha value is -0.820. The molecule has 18 heavy (non-hydrogen) atoms. The van der Waals surface area contributed by atoms with E-state index in [0.717, 1.165) is 5.92 Å². The van der Waals surface area contributed by atoms with Gasteiger partial charge in [-0.1, -0.05) is 38.1 Å². The van der Waals surface area contributed by atoms with E-state index >= 15 is 0 Å². The van der Waals surface area contributed by atoms with Crippen molar-refractivity contribution in [3.8, 4) is 0 Å². The first-order valence-corrected chi connectivity index (χ1v) is 7.52. The molecule has 98 valence electrons. The van der Waals surface area contributed by atoms with Crippen molar-refractivity contribution in [1.82, 2.24) is 5.32 Å². The summed E-state index contributed by atoms with van der Waals surface area (Å²) in [7, 11) is 0. The van der Waals surface area contributed by atoms with Crippen LogP contribution in [0.4, 0.5) is 0 Å². The van der Waals surface area contributed by atoms with Crippen molar-refractivity contribution in [3.63, 3.8) is 0 Å². The Kier molecular flexibility index (Phi) is 3.19. The third kappa shape index (κ3) is 2.21. The van der Waals surface area contributed by atoms with Gasteiger partial charge in [0.15, 0.2) is 0 Å². The summed E-state index contributed by atoms with van der Waals surface area (Å²) < 4.78 is 0. The van der Waals surface area contributed by atoms with Gasteiger partial charge in [0, 0.05) is 12.6 Å². The average molecular weight is 243 g/mol. The van der Waals surface area contributed by atoms with Crippen molar-refractivity contribution >= 4 is 0 Å². The van der Waals surface area contributed by atoms with E-state index in [-0.39, 0.29) is 0 Å². The Morgan fingerprint density at radius 2 is 2.06 bits per heavy atom. The summed E-state index contributed by atoms with van der Waals surface area (Å²) in [5.41, 5.74) is 3.74. The minimum Gasteiger partial charge on any atom is -0.309 e. The maximum atomic E-state index is 3.86. The van der Waals surface area contributed by atoms with Gasteiger partial charge in [-0.15, -0.1) is 0 Å². The zero-order valence-electron chi connectivity index (χ0n) is 11.7. The Balaban J connectivity index is 1.68. The highest BCUT2D eigenvalue weighted by Gasteiger charge is 2.45. The molecule has 2 aliphatic carbocycles. The fourth-order valence-electron chi connectivity index (χ4n) is 3.41. The van der Waals surface area contributed by atoms with Crippen molar-refractivity contribution in [3.05, 3.63) is 35.4 Å². The molecule has 1 aromatic rings. The molecule has 1 heteroatoms. The number of benzene rings is 1. The van der Waals surface area contributed by atoms with Gasteiger partial charge in [0.05, 0.1) is 0 Å². The number of hydrogen-bond donors (Lipinski definition) is 1. The molecule has 0 amide bonds. The monoisotopic (exact) mass is 243 g/mol. The molecule has 1 fully saturated rings. The second kappa shape index (κ2) is 4.70. The maximum absolute atomic E-state index is 3.86. The van der Waals surface area contributed by atoms with Crippen LogP contribution in [-0.4, -0.2) is 6.54 Å². The zero-order valence-corrected chi connectivity index (χ0v) is 11.7. The van der Waals surface area contributed by atoms with E-state index in [0.29, 0.717) is 11.5 Å². The number of nitrogens with one attached hydrogen (secondary N) is 1. The predicted molar refractivity (Wildman–Crippen MR) is 76.6 cm³/mol. The molecule has 0 heterocycles. The first-order valence-electron chi connectivity index (χ1n) is 7.52. The van der Waals surface area contributed by atoms with E-state index < -0.39 is 0 Å². The molecule has 0 bridgehead atoms. The molecule has 0 radical (unpaired) electrons. The maximum Gasteiger partial charge on any atom is 0.0323 e. The fraction of sp³-hybridized carbons (Fsp3) is 0.647. The predicted octanol–water partition coefficient (Wildman–Crippen LogP) is 4.09. The largest absolute Gasteiger partial charge is 0.309 e. The summed E-state index contributed by atoms with van der Waals surface area (Å²) in [6.07, 6.45) is 6.76. The van der Waals surface area contributed by atoms with Crippen molar-refractivity contribution < 1.29 is 0 Å². The summed E-state index contributed by atoms with van der Waals surface area (Å²) in [6, 6.07) is 9.59. The van der Waals surface area contributed by atoms with Gasteiger partial charge in [-0.05, 0) is 54.6 Å². The number of hydrogen-bond acceptors (Lipinski definition) is 1. The van der Waals surface area contributed by atoms with Crippen LogP contribution in [0.2, 0.25) is 0 Å². The van der Waals surface area contributed by atoms with E-state index in [1.165, 1.54) is 38.6 Å². The van der Waals surface area contributed by atoms with Gasteiger partial charge in [-0.2, -0.15) is 0 Å². The first-order chi connectivity index (χ1) is 8.71. The van der Waals surface area contributed by atoms with Crippen LogP contribution in [0.25, 0.3) is 0 Å². The quantitative estimate of drug-likeness (QED) is 0.840. The summed E-state index contributed by atoms with van der Waals surface area (Å²) in [5, 5.41) is 3.86. The smallest absolute Gasteiger partial charge is 0.0323 e. The van der Waals surface area contributed by atoms with Crippen LogP contribution >= 0.6 is 0 Å². The van der Waals surface area contributed by atoms with Crippen molar-refractivity contribution in [2.24, 2.45) is 11.3 Å². The molecule has 2 aliphatic rings. The highest BCUT2D eigenvalue weighted by Crippen LogP contribution is 2.51. The summed E-state index contributed by atoms with van der Waals surface area (Å²) >= 11 is 0. The van der Waals surface area contributed by atoms with E-state index in [1.807, 2.05) is 0 Å². The van der Waals surface area contributed by atoms with E-state index in [2.05, 4.69) is 43.4 Å². The van der Waals surface area contributed by atoms with Gasteiger partial charge in [-0.25, -0.2) is 0 Å². The highest BCUT2D eigenvalue weighted by molar-refractivity contribution is 5.32. The lowest BCUT2D eigenvalue weighted by atomic mass is 9.86. The van der Waals surface area contributed by atoms with E-state index in [9.17, 15) is 0 Å². The summed E-state index contributed by atoms with van der Waals surface area (Å²) in [5.74, 6) is 0.823. The molecule has 0 aromatic heterocycles. The van der Waals surface area contributed by atoms with Crippen molar-refractivity contribution in [2.45, 2.75) is 52.0 Å². The Bertz CT molecular complexity index is 417. The van der Waals surface area contributed by atoms with E-state index in [4.69, 9.17) is 0 Å². The second-order valence-corrected chi connectivity index (χ2v) is 6.54. The normalized spacial score (nSPS) is 24.9. The summed E-state index contributed by atoms with van der Waals surface area (Å²) in [6.45, 7) is 5.97. The van der Waals surface area contributed by atoms with Gasteiger partial charge >= 0.3 is 0 Å². The molecule has 3 rings (SSSR count). The van der Waals surface area contributed by atoms with E-state index in [1.54, 1.807) is 11.1 Å². The molecule has 0 saturated heterocycles. The zero-order chi connectivity index (χ0) is 12.6.